The summed E-state index contributed by atoms with van der Waals surface area (Å²) in [5.41, 5.74) is 5.78. The third-order valence-electron chi connectivity index (χ3n) is 5.24. The van der Waals surface area contributed by atoms with Crippen molar-refractivity contribution in [3.8, 4) is 5.75 Å². The monoisotopic (exact) mass is 378 g/mol. The zero-order valence-corrected chi connectivity index (χ0v) is 14.8. The molecule has 0 bridgehead atoms. The molecule has 3 rings (SSSR count). The van der Waals surface area contributed by atoms with Crippen LogP contribution in [0.2, 0.25) is 0 Å². The van der Waals surface area contributed by atoms with Gasteiger partial charge in [0.25, 0.3) is 5.91 Å². The van der Waals surface area contributed by atoms with Gasteiger partial charge < -0.3 is 20.5 Å². The van der Waals surface area contributed by atoms with Crippen LogP contribution >= 0.6 is 0 Å². The molecule has 10 heteroatoms. The van der Waals surface area contributed by atoms with Crippen LogP contribution in [0, 0.1) is 15.5 Å². The van der Waals surface area contributed by atoms with Crippen molar-refractivity contribution in [3.05, 3.63) is 33.9 Å². The molecule has 2 aliphatic rings. The predicted molar refractivity (Wildman–Crippen MR) is 94.3 cm³/mol. The van der Waals surface area contributed by atoms with Crippen molar-refractivity contribution in [1.29, 1.82) is 0 Å². The lowest BCUT2D eigenvalue weighted by atomic mass is 9.72. The van der Waals surface area contributed by atoms with Crippen molar-refractivity contribution in [2.45, 2.75) is 19.4 Å². The maximum absolute atomic E-state index is 11.1. The average molecular weight is 378 g/mol. The number of carboxylic acid groups (broad SMARTS) is 1. The Morgan fingerprint density at radius 3 is 2.52 bits per heavy atom. The van der Waals surface area contributed by atoms with Gasteiger partial charge in [0, 0.05) is 31.1 Å². The standard InChI is InChI=1S/C17H22N4O6/c18-15(22)9-27-14-7-12(1-2-13(14)21(25)26)8-19-5-3-17(4-6-19)10-20(11-17)16(23)24/h1-2,7H,3-6,8-11H2,(H2,18,22)(H,23,24). The van der Waals surface area contributed by atoms with E-state index < -0.39 is 23.5 Å². The molecule has 3 N–H and O–H groups in total. The van der Waals surface area contributed by atoms with Gasteiger partial charge in [-0.15, -0.1) is 0 Å². The maximum Gasteiger partial charge on any atom is 0.407 e. The fraction of sp³-hybridized carbons (Fsp3) is 0.529. The van der Waals surface area contributed by atoms with Crippen LogP contribution in [0.15, 0.2) is 18.2 Å². The summed E-state index contributed by atoms with van der Waals surface area (Å²) in [5.74, 6) is -0.673. The molecule has 2 fully saturated rings. The molecule has 0 aromatic heterocycles. The Morgan fingerprint density at radius 2 is 1.96 bits per heavy atom. The van der Waals surface area contributed by atoms with E-state index in [4.69, 9.17) is 15.6 Å². The van der Waals surface area contributed by atoms with Crippen LogP contribution in [0.25, 0.3) is 0 Å². The normalized spacial score (nSPS) is 18.7. The highest BCUT2D eigenvalue weighted by Gasteiger charge is 2.46. The number of nitrogens with two attached hydrogens (primary N) is 1. The van der Waals surface area contributed by atoms with Crippen LogP contribution in [0.4, 0.5) is 10.5 Å². The topological polar surface area (TPSA) is 139 Å². The molecular weight excluding hydrogens is 356 g/mol. The number of ether oxygens (including phenoxy) is 1. The number of benzene rings is 1. The van der Waals surface area contributed by atoms with Gasteiger partial charge in [-0.25, -0.2) is 4.79 Å². The van der Waals surface area contributed by atoms with E-state index in [1.54, 1.807) is 12.1 Å². The number of nitrogens with zero attached hydrogens (tertiary/aromatic N) is 3. The number of hydrogen-bond donors (Lipinski definition) is 2. The van der Waals surface area contributed by atoms with Gasteiger partial charge in [0.2, 0.25) is 0 Å². The molecule has 0 atom stereocenters. The van der Waals surface area contributed by atoms with Gasteiger partial charge in [0.1, 0.15) is 0 Å². The molecule has 2 heterocycles. The van der Waals surface area contributed by atoms with Crippen LogP contribution < -0.4 is 10.5 Å². The second kappa shape index (κ2) is 7.39. The molecule has 2 aliphatic heterocycles. The van der Waals surface area contributed by atoms with E-state index in [0.717, 1.165) is 31.5 Å². The van der Waals surface area contributed by atoms with Crippen molar-refractivity contribution in [2.24, 2.45) is 11.1 Å². The number of nitro groups is 1. The van der Waals surface area contributed by atoms with Gasteiger partial charge in [-0.1, -0.05) is 6.07 Å². The van der Waals surface area contributed by atoms with E-state index in [9.17, 15) is 19.7 Å². The number of nitro benzene ring substituents is 1. The van der Waals surface area contributed by atoms with E-state index in [-0.39, 0.29) is 16.9 Å². The zero-order valence-electron chi connectivity index (χ0n) is 14.8. The van der Waals surface area contributed by atoms with Crippen LogP contribution in [0.3, 0.4) is 0 Å². The number of carbonyl (C=O) groups excluding carboxylic acids is 1. The van der Waals surface area contributed by atoms with Crippen molar-refractivity contribution < 1.29 is 24.4 Å². The first-order chi connectivity index (χ1) is 12.8. The second-order valence-corrected chi connectivity index (χ2v) is 7.23. The second-order valence-electron chi connectivity index (χ2n) is 7.23. The maximum atomic E-state index is 11.1. The smallest absolute Gasteiger partial charge is 0.407 e. The van der Waals surface area contributed by atoms with Crippen molar-refractivity contribution in [2.75, 3.05) is 32.8 Å². The number of carbonyl (C=O) groups is 2. The minimum Gasteiger partial charge on any atom is -0.477 e. The first kappa shape index (κ1) is 18.9. The molecule has 2 amide bonds. The molecular formula is C17H22N4O6. The van der Waals surface area contributed by atoms with Crippen molar-refractivity contribution in [3.63, 3.8) is 0 Å². The van der Waals surface area contributed by atoms with Gasteiger partial charge in [0.05, 0.1) is 4.92 Å². The highest BCUT2D eigenvalue weighted by atomic mass is 16.6. The number of likely N-dealkylation sites (tertiary alicyclic amines) is 2. The number of primary amides is 1. The number of piperidine rings is 1. The van der Waals surface area contributed by atoms with E-state index >= 15 is 0 Å². The Morgan fingerprint density at radius 1 is 1.30 bits per heavy atom. The Kier molecular flexibility index (Phi) is 5.17. The van der Waals surface area contributed by atoms with Gasteiger partial charge in [-0.3, -0.25) is 19.8 Å². The lowest BCUT2D eigenvalue weighted by molar-refractivity contribution is -0.385. The fourth-order valence-corrected chi connectivity index (χ4v) is 3.73. The summed E-state index contributed by atoms with van der Waals surface area (Å²) in [6, 6.07) is 4.61. The molecule has 1 aromatic rings. The molecule has 10 nitrogen and oxygen atoms in total. The van der Waals surface area contributed by atoms with Crippen LogP contribution in [-0.4, -0.2) is 64.6 Å². The lowest BCUT2D eigenvalue weighted by Gasteiger charge is -2.52. The summed E-state index contributed by atoms with van der Waals surface area (Å²) in [4.78, 5) is 36.1. The third kappa shape index (κ3) is 4.27. The Hall–Kier alpha value is -2.88. The van der Waals surface area contributed by atoms with E-state index in [2.05, 4.69) is 4.90 Å². The van der Waals surface area contributed by atoms with Crippen LogP contribution in [0.1, 0.15) is 18.4 Å². The van der Waals surface area contributed by atoms with E-state index in [1.807, 2.05) is 0 Å². The number of amides is 2. The SMILES string of the molecule is NC(=O)COc1cc(CN2CCC3(CC2)CN(C(=O)O)C3)ccc1[N+](=O)[O-]. The third-order valence-corrected chi connectivity index (χ3v) is 5.24. The molecule has 1 aromatic carbocycles. The van der Waals surface area contributed by atoms with E-state index in [0.29, 0.717) is 19.6 Å². The summed E-state index contributed by atoms with van der Waals surface area (Å²) in [6.07, 6.45) is 0.987. The molecule has 0 unspecified atom stereocenters. The fourth-order valence-electron chi connectivity index (χ4n) is 3.73. The van der Waals surface area contributed by atoms with Crippen LogP contribution in [0.5, 0.6) is 5.75 Å². The molecule has 2 saturated heterocycles. The molecule has 0 saturated carbocycles. The Balaban J connectivity index is 1.59. The molecule has 146 valence electrons. The van der Waals surface area contributed by atoms with Crippen LogP contribution in [-0.2, 0) is 11.3 Å². The molecule has 1 spiro atoms. The summed E-state index contributed by atoms with van der Waals surface area (Å²) < 4.78 is 5.19. The molecule has 0 aliphatic carbocycles. The minimum atomic E-state index is -0.863. The highest BCUT2D eigenvalue weighted by Crippen LogP contribution is 2.40. The summed E-state index contributed by atoms with van der Waals surface area (Å²) in [6.45, 7) is 3.04. The summed E-state index contributed by atoms with van der Waals surface area (Å²) >= 11 is 0. The average Bonchev–Trinajstić information content (AvgIpc) is 2.58. The first-order valence-electron chi connectivity index (χ1n) is 8.67. The summed E-state index contributed by atoms with van der Waals surface area (Å²) in [5, 5.41) is 20.1. The summed E-state index contributed by atoms with van der Waals surface area (Å²) in [7, 11) is 0. The molecule has 0 radical (unpaired) electrons. The van der Waals surface area contributed by atoms with Gasteiger partial charge in [-0.2, -0.15) is 0 Å². The van der Waals surface area contributed by atoms with Gasteiger partial charge >= 0.3 is 11.8 Å². The van der Waals surface area contributed by atoms with Crippen molar-refractivity contribution >= 4 is 17.7 Å². The Labute approximate surface area is 155 Å². The largest absolute Gasteiger partial charge is 0.477 e. The van der Waals surface area contributed by atoms with Crippen molar-refractivity contribution in [1.82, 2.24) is 9.80 Å². The predicted octanol–water partition coefficient (Wildman–Crippen LogP) is 1.03. The minimum absolute atomic E-state index is 0.0286. The lowest BCUT2D eigenvalue weighted by Crippen LogP contribution is -2.61. The zero-order chi connectivity index (χ0) is 19.6. The quantitative estimate of drug-likeness (QED) is 0.557. The van der Waals surface area contributed by atoms with Gasteiger partial charge in [-0.05, 0) is 37.6 Å². The number of hydrogen-bond acceptors (Lipinski definition) is 6. The first-order valence-corrected chi connectivity index (χ1v) is 8.67. The van der Waals surface area contributed by atoms with E-state index in [1.165, 1.54) is 11.0 Å². The number of rotatable bonds is 6. The highest BCUT2D eigenvalue weighted by molar-refractivity contribution is 5.75. The Bertz CT molecular complexity index is 752. The molecule has 27 heavy (non-hydrogen) atoms. The van der Waals surface area contributed by atoms with Gasteiger partial charge in [0.15, 0.2) is 12.4 Å².